The lowest BCUT2D eigenvalue weighted by molar-refractivity contribution is 0.377. The summed E-state index contributed by atoms with van der Waals surface area (Å²) in [5.74, 6) is 1.16. The van der Waals surface area contributed by atoms with E-state index in [0.29, 0.717) is 5.41 Å². The molecule has 0 atom stereocenters. The number of nitrogens with zero attached hydrogens (tertiary/aromatic N) is 3. The highest BCUT2D eigenvalue weighted by molar-refractivity contribution is 5.45. The van der Waals surface area contributed by atoms with Crippen molar-refractivity contribution in [3.05, 3.63) is 18.1 Å². The van der Waals surface area contributed by atoms with E-state index in [-0.39, 0.29) is 0 Å². The lowest BCUT2D eigenvalue weighted by Gasteiger charge is -2.29. The van der Waals surface area contributed by atoms with Gasteiger partial charge in [0, 0.05) is 24.8 Å². The fourth-order valence-electron chi connectivity index (χ4n) is 2.32. The summed E-state index contributed by atoms with van der Waals surface area (Å²) in [5.41, 5.74) is 1.67. The van der Waals surface area contributed by atoms with Gasteiger partial charge in [0.25, 0.3) is 0 Å². The summed E-state index contributed by atoms with van der Waals surface area (Å²) in [6.07, 6.45) is 10.9. The van der Waals surface area contributed by atoms with Crippen LogP contribution in [0.4, 0.5) is 5.82 Å². The van der Waals surface area contributed by atoms with Crippen molar-refractivity contribution in [1.82, 2.24) is 9.97 Å². The highest BCUT2D eigenvalue weighted by Crippen LogP contribution is 2.24. The number of aromatic nitrogens is 2. The molecule has 0 saturated heterocycles. The van der Waals surface area contributed by atoms with E-state index >= 15 is 0 Å². The molecule has 1 rings (SSSR count). The molecule has 0 fully saturated rings. The van der Waals surface area contributed by atoms with Crippen LogP contribution in [0.5, 0.6) is 0 Å². The van der Waals surface area contributed by atoms with Crippen LogP contribution in [0.2, 0.25) is 0 Å². The smallest absolute Gasteiger partial charge is 0.135 e. The van der Waals surface area contributed by atoms with Gasteiger partial charge < -0.3 is 4.90 Å². The van der Waals surface area contributed by atoms with Gasteiger partial charge in [-0.05, 0) is 31.1 Å². The SMILES string of the molecule is CCCCc1cncnc1N(CCCC)CCC(C)(C)C. The molecule has 0 N–H and O–H groups in total. The molecule has 0 aliphatic carbocycles. The molecule has 0 spiro atoms. The fraction of sp³-hybridized carbons (Fsp3) is 0.778. The van der Waals surface area contributed by atoms with Crippen LogP contribution < -0.4 is 4.90 Å². The molecule has 1 heterocycles. The predicted octanol–water partition coefficient (Wildman–Crippen LogP) is 4.86. The molecule has 120 valence electrons. The molecule has 3 heteroatoms. The first-order valence-electron chi connectivity index (χ1n) is 8.51. The number of rotatable bonds is 9. The summed E-state index contributed by atoms with van der Waals surface area (Å²) < 4.78 is 0. The minimum Gasteiger partial charge on any atom is -0.356 e. The van der Waals surface area contributed by atoms with Crippen LogP contribution in [0.25, 0.3) is 0 Å². The van der Waals surface area contributed by atoms with Crippen molar-refractivity contribution >= 4 is 5.82 Å². The molecule has 1 aromatic rings. The van der Waals surface area contributed by atoms with Crippen LogP contribution in [-0.2, 0) is 6.42 Å². The van der Waals surface area contributed by atoms with Gasteiger partial charge in [0.15, 0.2) is 0 Å². The molecule has 0 aliphatic heterocycles. The van der Waals surface area contributed by atoms with Crippen molar-refractivity contribution in [3.8, 4) is 0 Å². The largest absolute Gasteiger partial charge is 0.356 e. The number of aryl methyl sites for hydroxylation is 1. The third-order valence-corrected chi connectivity index (χ3v) is 3.78. The highest BCUT2D eigenvalue weighted by Gasteiger charge is 2.16. The molecule has 0 radical (unpaired) electrons. The molecule has 0 aromatic carbocycles. The number of hydrogen-bond acceptors (Lipinski definition) is 3. The Bertz CT molecular complexity index is 396. The van der Waals surface area contributed by atoms with Crippen molar-refractivity contribution in [3.63, 3.8) is 0 Å². The zero-order valence-corrected chi connectivity index (χ0v) is 14.7. The molecule has 21 heavy (non-hydrogen) atoms. The van der Waals surface area contributed by atoms with E-state index in [1.165, 1.54) is 37.7 Å². The zero-order chi connectivity index (χ0) is 15.7. The Morgan fingerprint density at radius 2 is 1.76 bits per heavy atom. The summed E-state index contributed by atoms with van der Waals surface area (Å²) in [6.45, 7) is 13.6. The molecule has 3 nitrogen and oxygen atoms in total. The van der Waals surface area contributed by atoms with Gasteiger partial charge in [-0.1, -0.05) is 47.5 Å². The van der Waals surface area contributed by atoms with Gasteiger partial charge >= 0.3 is 0 Å². The van der Waals surface area contributed by atoms with Crippen molar-refractivity contribution in [2.45, 2.75) is 73.1 Å². The topological polar surface area (TPSA) is 29.0 Å². The molecule has 0 unspecified atom stereocenters. The second-order valence-electron chi connectivity index (χ2n) is 7.13. The quantitative estimate of drug-likeness (QED) is 0.650. The molecule has 0 bridgehead atoms. The van der Waals surface area contributed by atoms with Crippen LogP contribution in [0.3, 0.4) is 0 Å². The molecular formula is C18H33N3. The highest BCUT2D eigenvalue weighted by atomic mass is 15.2. The summed E-state index contributed by atoms with van der Waals surface area (Å²) >= 11 is 0. The average Bonchev–Trinajstić information content (AvgIpc) is 2.45. The Morgan fingerprint density at radius 1 is 1.05 bits per heavy atom. The predicted molar refractivity (Wildman–Crippen MR) is 91.8 cm³/mol. The monoisotopic (exact) mass is 291 g/mol. The summed E-state index contributed by atoms with van der Waals surface area (Å²) in [4.78, 5) is 11.3. The average molecular weight is 291 g/mol. The number of anilines is 1. The second kappa shape index (κ2) is 9.01. The minimum atomic E-state index is 0.362. The first kappa shape index (κ1) is 17.9. The van der Waals surface area contributed by atoms with E-state index in [1.54, 1.807) is 6.33 Å². The maximum Gasteiger partial charge on any atom is 0.135 e. The Balaban J connectivity index is 2.85. The van der Waals surface area contributed by atoms with E-state index in [1.807, 2.05) is 6.20 Å². The maximum absolute atomic E-state index is 4.60. The minimum absolute atomic E-state index is 0.362. The summed E-state index contributed by atoms with van der Waals surface area (Å²) in [6, 6.07) is 0. The third kappa shape index (κ3) is 6.92. The van der Waals surface area contributed by atoms with Crippen molar-refractivity contribution < 1.29 is 0 Å². The fourth-order valence-corrected chi connectivity index (χ4v) is 2.32. The van der Waals surface area contributed by atoms with Crippen molar-refractivity contribution in [2.75, 3.05) is 18.0 Å². The van der Waals surface area contributed by atoms with Crippen molar-refractivity contribution in [1.29, 1.82) is 0 Å². The van der Waals surface area contributed by atoms with E-state index in [2.05, 4.69) is 49.5 Å². The Labute approximate surface area is 131 Å². The van der Waals surface area contributed by atoms with E-state index in [4.69, 9.17) is 0 Å². The molecule has 0 aliphatic rings. The Morgan fingerprint density at radius 3 is 2.38 bits per heavy atom. The summed E-state index contributed by atoms with van der Waals surface area (Å²) in [7, 11) is 0. The molecular weight excluding hydrogens is 258 g/mol. The van der Waals surface area contributed by atoms with Gasteiger partial charge in [-0.3, -0.25) is 0 Å². The molecule has 0 amide bonds. The van der Waals surface area contributed by atoms with Crippen LogP contribution in [0, 0.1) is 5.41 Å². The van der Waals surface area contributed by atoms with Crippen LogP contribution >= 0.6 is 0 Å². The first-order chi connectivity index (χ1) is 9.98. The standard InChI is InChI=1S/C18H33N3/c1-6-8-10-16-14-19-15-20-17(16)21(12-9-7-2)13-11-18(3,4)5/h14-15H,6-13H2,1-5H3. The number of hydrogen-bond donors (Lipinski definition) is 0. The van der Waals surface area contributed by atoms with Gasteiger partial charge in [-0.15, -0.1) is 0 Å². The van der Waals surface area contributed by atoms with Gasteiger partial charge in [0.2, 0.25) is 0 Å². The third-order valence-electron chi connectivity index (χ3n) is 3.78. The van der Waals surface area contributed by atoms with Crippen LogP contribution in [-0.4, -0.2) is 23.1 Å². The zero-order valence-electron chi connectivity index (χ0n) is 14.7. The van der Waals surface area contributed by atoms with E-state index in [0.717, 1.165) is 25.3 Å². The second-order valence-corrected chi connectivity index (χ2v) is 7.13. The van der Waals surface area contributed by atoms with Gasteiger partial charge in [0.05, 0.1) is 0 Å². The van der Waals surface area contributed by atoms with Crippen LogP contribution in [0.1, 0.15) is 72.3 Å². The van der Waals surface area contributed by atoms with Crippen molar-refractivity contribution in [2.24, 2.45) is 5.41 Å². The van der Waals surface area contributed by atoms with E-state index in [9.17, 15) is 0 Å². The molecule has 0 saturated carbocycles. The van der Waals surface area contributed by atoms with Gasteiger partial charge in [0.1, 0.15) is 12.1 Å². The normalized spacial score (nSPS) is 11.7. The first-order valence-corrected chi connectivity index (χ1v) is 8.51. The number of unbranched alkanes of at least 4 members (excludes halogenated alkanes) is 2. The van der Waals surface area contributed by atoms with Crippen LogP contribution in [0.15, 0.2) is 12.5 Å². The maximum atomic E-state index is 4.60. The summed E-state index contributed by atoms with van der Waals surface area (Å²) in [5, 5.41) is 0. The van der Waals surface area contributed by atoms with E-state index < -0.39 is 0 Å². The lowest BCUT2D eigenvalue weighted by Crippen LogP contribution is -2.30. The Kier molecular flexibility index (Phi) is 7.69. The van der Waals surface area contributed by atoms with Gasteiger partial charge in [-0.25, -0.2) is 9.97 Å². The molecule has 1 aromatic heterocycles. The van der Waals surface area contributed by atoms with Gasteiger partial charge in [-0.2, -0.15) is 0 Å². The lowest BCUT2D eigenvalue weighted by atomic mass is 9.92. The Hall–Kier alpha value is -1.12.